The summed E-state index contributed by atoms with van der Waals surface area (Å²) in [5, 5.41) is 3.52. The summed E-state index contributed by atoms with van der Waals surface area (Å²) in [6, 6.07) is 5.14. The van der Waals surface area contributed by atoms with E-state index < -0.39 is 0 Å². The van der Waals surface area contributed by atoms with Gasteiger partial charge in [-0.2, -0.15) is 11.8 Å². The molecule has 1 aromatic rings. The van der Waals surface area contributed by atoms with Crippen LogP contribution < -0.4 is 11.1 Å². The van der Waals surface area contributed by atoms with Crippen molar-refractivity contribution in [2.75, 3.05) is 23.4 Å². The van der Waals surface area contributed by atoms with Crippen molar-refractivity contribution in [3.63, 3.8) is 0 Å². The van der Waals surface area contributed by atoms with Gasteiger partial charge in [-0.3, -0.25) is 4.79 Å². The molecule has 0 radical (unpaired) electrons. The number of thioether (sulfide) groups is 1. The van der Waals surface area contributed by atoms with E-state index in [1.165, 1.54) is 0 Å². The highest BCUT2D eigenvalue weighted by Crippen LogP contribution is 2.29. The third-order valence-electron chi connectivity index (χ3n) is 1.95. The van der Waals surface area contributed by atoms with Crippen molar-refractivity contribution in [1.29, 1.82) is 0 Å². The van der Waals surface area contributed by atoms with E-state index in [1.54, 1.807) is 30.0 Å². The molecule has 0 bridgehead atoms. The first kappa shape index (κ1) is 14.6. The lowest BCUT2D eigenvalue weighted by molar-refractivity contribution is -0.113. The second kappa shape index (κ2) is 7.82. The van der Waals surface area contributed by atoms with Crippen molar-refractivity contribution in [3.05, 3.63) is 28.2 Å². The quantitative estimate of drug-likeness (QED) is 0.793. The van der Waals surface area contributed by atoms with Gasteiger partial charge in [-0.1, -0.05) is 29.3 Å². The summed E-state index contributed by atoms with van der Waals surface area (Å²) in [5.74, 6) is 1.19. The van der Waals surface area contributed by atoms with Gasteiger partial charge >= 0.3 is 0 Å². The molecule has 3 N–H and O–H groups in total. The lowest BCUT2D eigenvalue weighted by atomic mass is 10.3. The molecule has 1 amide bonds. The third kappa shape index (κ3) is 5.17. The van der Waals surface area contributed by atoms with Crippen LogP contribution in [0.5, 0.6) is 0 Å². The van der Waals surface area contributed by atoms with Gasteiger partial charge in [0, 0.05) is 0 Å². The van der Waals surface area contributed by atoms with Crippen molar-refractivity contribution < 1.29 is 4.79 Å². The van der Waals surface area contributed by atoms with Crippen LogP contribution in [-0.4, -0.2) is 24.0 Å². The number of carbonyl (C=O) groups is 1. The van der Waals surface area contributed by atoms with Gasteiger partial charge in [0.05, 0.1) is 21.5 Å². The Morgan fingerprint density at radius 2 is 2.18 bits per heavy atom. The number of benzene rings is 1. The molecule has 6 heteroatoms. The van der Waals surface area contributed by atoms with E-state index in [2.05, 4.69) is 5.32 Å². The Labute approximate surface area is 115 Å². The number of nitrogens with two attached hydrogens (primary N) is 1. The molecule has 17 heavy (non-hydrogen) atoms. The number of carbonyl (C=O) groups excluding carboxylic acids is 1. The van der Waals surface area contributed by atoms with E-state index in [0.717, 1.165) is 12.2 Å². The van der Waals surface area contributed by atoms with Crippen LogP contribution in [0.1, 0.15) is 6.42 Å². The molecule has 0 heterocycles. The Morgan fingerprint density at radius 3 is 2.88 bits per heavy atom. The first-order valence-electron chi connectivity index (χ1n) is 5.17. The highest BCUT2D eigenvalue weighted by atomic mass is 35.5. The van der Waals surface area contributed by atoms with Crippen molar-refractivity contribution >= 4 is 46.6 Å². The van der Waals surface area contributed by atoms with Crippen LogP contribution in [0.2, 0.25) is 10.0 Å². The number of anilines is 1. The van der Waals surface area contributed by atoms with Gasteiger partial charge in [0.25, 0.3) is 0 Å². The summed E-state index contributed by atoms with van der Waals surface area (Å²) in [6.45, 7) is 0.648. The van der Waals surface area contributed by atoms with Crippen LogP contribution >= 0.6 is 35.0 Å². The average Bonchev–Trinajstić information content (AvgIpc) is 2.31. The molecule has 0 aliphatic rings. The van der Waals surface area contributed by atoms with Crippen molar-refractivity contribution in [2.45, 2.75) is 6.42 Å². The first-order valence-corrected chi connectivity index (χ1v) is 7.08. The minimum absolute atomic E-state index is 0.0869. The second-order valence-electron chi connectivity index (χ2n) is 3.34. The summed E-state index contributed by atoms with van der Waals surface area (Å²) >= 11 is 13.3. The van der Waals surface area contributed by atoms with Crippen LogP contribution in [0, 0.1) is 0 Å². The van der Waals surface area contributed by atoms with Crippen molar-refractivity contribution in [2.24, 2.45) is 5.73 Å². The van der Waals surface area contributed by atoms with Gasteiger partial charge in [-0.15, -0.1) is 0 Å². The third-order valence-corrected chi connectivity index (χ3v) is 3.81. The molecule has 0 saturated heterocycles. The Hall–Kier alpha value is -0.420. The maximum atomic E-state index is 11.6. The first-order chi connectivity index (χ1) is 8.15. The minimum Gasteiger partial charge on any atom is -0.330 e. The molecule has 0 unspecified atom stereocenters. The van der Waals surface area contributed by atoms with Gasteiger partial charge in [-0.25, -0.2) is 0 Å². The second-order valence-corrected chi connectivity index (χ2v) is 5.23. The Kier molecular flexibility index (Phi) is 6.73. The fourth-order valence-electron chi connectivity index (χ4n) is 1.14. The summed E-state index contributed by atoms with van der Waals surface area (Å²) < 4.78 is 0. The number of nitrogens with one attached hydrogen (secondary N) is 1. The van der Waals surface area contributed by atoms with Gasteiger partial charge in [0.2, 0.25) is 5.91 Å². The van der Waals surface area contributed by atoms with Crippen LogP contribution in [0.25, 0.3) is 0 Å². The number of halogens is 2. The maximum Gasteiger partial charge on any atom is 0.234 e. The zero-order valence-corrected chi connectivity index (χ0v) is 11.5. The average molecular weight is 293 g/mol. The van der Waals surface area contributed by atoms with E-state index in [0.29, 0.717) is 28.0 Å². The molecule has 0 aromatic heterocycles. The highest BCUT2D eigenvalue weighted by molar-refractivity contribution is 7.99. The van der Waals surface area contributed by atoms with Crippen LogP contribution in [-0.2, 0) is 4.79 Å². The topological polar surface area (TPSA) is 55.1 Å². The molecule has 0 aliphatic carbocycles. The summed E-state index contributed by atoms with van der Waals surface area (Å²) in [6.07, 6.45) is 0.913. The predicted octanol–water partition coefficient (Wildman–Crippen LogP) is 3.01. The van der Waals surface area contributed by atoms with Gasteiger partial charge in [-0.05, 0) is 30.9 Å². The zero-order valence-electron chi connectivity index (χ0n) is 9.21. The van der Waals surface area contributed by atoms with E-state index in [9.17, 15) is 4.79 Å². The zero-order chi connectivity index (χ0) is 12.7. The van der Waals surface area contributed by atoms with Crippen molar-refractivity contribution in [1.82, 2.24) is 0 Å². The van der Waals surface area contributed by atoms with E-state index in [4.69, 9.17) is 28.9 Å². The molecule has 0 fully saturated rings. The maximum absolute atomic E-state index is 11.6. The predicted molar refractivity (Wildman–Crippen MR) is 76.1 cm³/mol. The molecule has 0 atom stereocenters. The summed E-state index contributed by atoms with van der Waals surface area (Å²) in [5.41, 5.74) is 5.90. The summed E-state index contributed by atoms with van der Waals surface area (Å²) in [4.78, 5) is 11.6. The number of hydrogen-bond acceptors (Lipinski definition) is 3. The molecular formula is C11H14Cl2N2OS. The van der Waals surface area contributed by atoms with E-state index in [1.807, 2.05) is 0 Å². The van der Waals surface area contributed by atoms with Crippen LogP contribution in [0.4, 0.5) is 5.69 Å². The van der Waals surface area contributed by atoms with Crippen molar-refractivity contribution in [3.8, 4) is 0 Å². The fraction of sp³-hybridized carbons (Fsp3) is 0.364. The number of rotatable bonds is 6. The molecule has 0 aliphatic heterocycles. The Morgan fingerprint density at radius 1 is 1.41 bits per heavy atom. The highest BCUT2D eigenvalue weighted by Gasteiger charge is 2.07. The lowest BCUT2D eigenvalue weighted by Gasteiger charge is -2.07. The molecule has 1 aromatic carbocycles. The standard InChI is InChI=1S/C11H14Cl2N2OS/c12-8-3-1-4-9(11(8)13)15-10(16)7-17-6-2-5-14/h1,3-4H,2,5-7,14H2,(H,15,16). The lowest BCUT2D eigenvalue weighted by Crippen LogP contribution is -2.15. The Balaban J connectivity index is 2.43. The number of amides is 1. The molecule has 1 rings (SSSR count). The van der Waals surface area contributed by atoms with Gasteiger partial charge in [0.1, 0.15) is 0 Å². The Bertz CT molecular complexity index is 388. The molecule has 94 valence electrons. The minimum atomic E-state index is -0.0869. The molecule has 0 spiro atoms. The molecular weight excluding hydrogens is 279 g/mol. The van der Waals surface area contributed by atoms with Crippen LogP contribution in [0.3, 0.4) is 0 Å². The molecule has 3 nitrogen and oxygen atoms in total. The molecule has 0 saturated carbocycles. The van der Waals surface area contributed by atoms with Gasteiger partial charge < -0.3 is 11.1 Å². The largest absolute Gasteiger partial charge is 0.330 e. The van der Waals surface area contributed by atoms with Crippen LogP contribution in [0.15, 0.2) is 18.2 Å². The monoisotopic (exact) mass is 292 g/mol. The SMILES string of the molecule is NCCCSCC(=O)Nc1cccc(Cl)c1Cl. The smallest absolute Gasteiger partial charge is 0.234 e. The fourth-order valence-corrected chi connectivity index (χ4v) is 2.26. The summed E-state index contributed by atoms with van der Waals surface area (Å²) in [7, 11) is 0. The van der Waals surface area contributed by atoms with Gasteiger partial charge in [0.15, 0.2) is 0 Å². The van der Waals surface area contributed by atoms with E-state index >= 15 is 0 Å². The number of hydrogen-bond donors (Lipinski definition) is 2. The normalized spacial score (nSPS) is 10.3. The van der Waals surface area contributed by atoms with E-state index in [-0.39, 0.29) is 5.91 Å².